The van der Waals surface area contributed by atoms with Crippen LogP contribution < -0.4 is 5.32 Å². The fourth-order valence-corrected chi connectivity index (χ4v) is 2.36. The summed E-state index contributed by atoms with van der Waals surface area (Å²) in [4.78, 5) is 13.8. The van der Waals surface area contributed by atoms with Gasteiger partial charge < -0.3 is 10.2 Å². The van der Waals surface area contributed by atoms with E-state index in [4.69, 9.17) is 0 Å². The second-order valence-electron chi connectivity index (χ2n) is 5.25. The zero-order chi connectivity index (χ0) is 13.7. The monoisotopic (exact) mass is 264 g/mol. The van der Waals surface area contributed by atoms with Gasteiger partial charge in [0.05, 0.1) is 0 Å². The van der Waals surface area contributed by atoms with Crippen molar-refractivity contribution in [1.29, 1.82) is 0 Å². The molecule has 104 valence electrons. The summed E-state index contributed by atoms with van der Waals surface area (Å²) in [6.45, 7) is 2.67. The van der Waals surface area contributed by atoms with Crippen LogP contribution in [0.25, 0.3) is 0 Å². The summed E-state index contributed by atoms with van der Waals surface area (Å²) in [6, 6.07) is 6.46. The van der Waals surface area contributed by atoms with E-state index in [0.29, 0.717) is 18.9 Å². The molecular formula is C15H21FN2O. The number of hydrogen-bond acceptors (Lipinski definition) is 2. The van der Waals surface area contributed by atoms with Crippen LogP contribution in [-0.4, -0.2) is 37.5 Å². The highest BCUT2D eigenvalue weighted by molar-refractivity contribution is 5.76. The Hall–Kier alpha value is -1.42. The summed E-state index contributed by atoms with van der Waals surface area (Å²) < 4.78 is 12.8. The first-order valence-corrected chi connectivity index (χ1v) is 6.84. The number of halogens is 1. The van der Waals surface area contributed by atoms with Crippen LogP contribution in [0.4, 0.5) is 4.39 Å². The fourth-order valence-electron chi connectivity index (χ4n) is 2.36. The first-order valence-electron chi connectivity index (χ1n) is 6.84. The number of benzene rings is 1. The molecule has 1 fully saturated rings. The molecule has 0 bridgehead atoms. The number of amides is 1. The maximum absolute atomic E-state index is 12.8. The first-order chi connectivity index (χ1) is 9.15. The molecule has 1 aromatic rings. The van der Waals surface area contributed by atoms with Gasteiger partial charge in [0.2, 0.25) is 5.91 Å². The van der Waals surface area contributed by atoms with Crippen molar-refractivity contribution in [2.24, 2.45) is 5.92 Å². The van der Waals surface area contributed by atoms with Crippen molar-refractivity contribution in [3.63, 3.8) is 0 Å². The van der Waals surface area contributed by atoms with Crippen LogP contribution in [0.3, 0.4) is 0 Å². The average molecular weight is 264 g/mol. The van der Waals surface area contributed by atoms with E-state index in [1.807, 2.05) is 7.05 Å². The molecule has 2 rings (SSSR count). The van der Waals surface area contributed by atoms with E-state index in [1.165, 1.54) is 12.1 Å². The predicted molar refractivity (Wildman–Crippen MR) is 73.3 cm³/mol. The molecular weight excluding hydrogens is 243 g/mol. The van der Waals surface area contributed by atoms with E-state index in [2.05, 4.69) is 5.32 Å². The standard InChI is InChI=1S/C15H21FN2O/c1-18(15(19)10-13-6-8-17-11-13)9-7-12-2-4-14(16)5-3-12/h2-5,13,17H,6-11H2,1H3. The molecule has 1 aromatic carbocycles. The molecule has 1 aliphatic rings. The smallest absolute Gasteiger partial charge is 0.222 e. The third-order valence-electron chi connectivity index (χ3n) is 3.70. The number of carbonyl (C=O) groups excluding carboxylic acids is 1. The van der Waals surface area contributed by atoms with E-state index < -0.39 is 0 Å². The van der Waals surface area contributed by atoms with Gasteiger partial charge in [-0.1, -0.05) is 12.1 Å². The maximum atomic E-state index is 12.8. The molecule has 0 aromatic heterocycles. The number of rotatable bonds is 5. The molecule has 0 spiro atoms. The van der Waals surface area contributed by atoms with Crippen LogP contribution in [-0.2, 0) is 11.2 Å². The van der Waals surface area contributed by atoms with E-state index in [0.717, 1.165) is 31.5 Å². The third kappa shape index (κ3) is 4.31. The van der Waals surface area contributed by atoms with Crippen LogP contribution in [0.5, 0.6) is 0 Å². The Labute approximate surface area is 113 Å². The Bertz CT molecular complexity index is 413. The first kappa shape index (κ1) is 14.0. The molecule has 0 radical (unpaired) electrons. The van der Waals surface area contributed by atoms with Crippen molar-refractivity contribution in [3.05, 3.63) is 35.6 Å². The van der Waals surface area contributed by atoms with Gasteiger partial charge in [-0.05, 0) is 49.5 Å². The third-order valence-corrected chi connectivity index (χ3v) is 3.70. The Morgan fingerprint density at radius 2 is 2.16 bits per heavy atom. The van der Waals surface area contributed by atoms with Crippen molar-refractivity contribution < 1.29 is 9.18 Å². The van der Waals surface area contributed by atoms with E-state index in [9.17, 15) is 9.18 Å². The highest BCUT2D eigenvalue weighted by atomic mass is 19.1. The minimum atomic E-state index is -0.220. The summed E-state index contributed by atoms with van der Waals surface area (Å²) in [5.41, 5.74) is 1.06. The molecule has 1 amide bonds. The van der Waals surface area contributed by atoms with Gasteiger partial charge in [-0.2, -0.15) is 0 Å². The minimum Gasteiger partial charge on any atom is -0.345 e. The number of likely N-dealkylation sites (N-methyl/N-ethyl adjacent to an activating group) is 1. The number of hydrogen-bond donors (Lipinski definition) is 1. The largest absolute Gasteiger partial charge is 0.345 e. The predicted octanol–water partition coefficient (Wildman–Crippen LogP) is 1.83. The minimum absolute atomic E-state index is 0.204. The van der Waals surface area contributed by atoms with Crippen molar-refractivity contribution in [3.8, 4) is 0 Å². The normalized spacial score (nSPS) is 18.5. The average Bonchev–Trinajstić information content (AvgIpc) is 2.90. The molecule has 19 heavy (non-hydrogen) atoms. The molecule has 1 heterocycles. The molecule has 0 aliphatic carbocycles. The molecule has 1 N–H and O–H groups in total. The molecule has 4 heteroatoms. The highest BCUT2D eigenvalue weighted by Crippen LogP contribution is 2.13. The van der Waals surface area contributed by atoms with E-state index in [1.54, 1.807) is 17.0 Å². The Kier molecular flexibility index (Phi) is 4.91. The molecule has 1 aliphatic heterocycles. The number of carbonyl (C=O) groups is 1. The van der Waals surface area contributed by atoms with Gasteiger partial charge in [-0.25, -0.2) is 4.39 Å². The topological polar surface area (TPSA) is 32.3 Å². The van der Waals surface area contributed by atoms with Crippen LogP contribution in [0.1, 0.15) is 18.4 Å². The zero-order valence-corrected chi connectivity index (χ0v) is 11.4. The Morgan fingerprint density at radius 3 is 2.79 bits per heavy atom. The molecule has 1 atom stereocenters. The van der Waals surface area contributed by atoms with Gasteiger partial charge in [0.25, 0.3) is 0 Å². The maximum Gasteiger partial charge on any atom is 0.222 e. The SMILES string of the molecule is CN(CCc1ccc(F)cc1)C(=O)CC1CCNC1. The zero-order valence-electron chi connectivity index (χ0n) is 11.4. The van der Waals surface area contributed by atoms with Gasteiger partial charge in [0, 0.05) is 20.0 Å². The molecule has 0 saturated carbocycles. The van der Waals surface area contributed by atoms with Crippen molar-refractivity contribution in [1.82, 2.24) is 10.2 Å². The summed E-state index contributed by atoms with van der Waals surface area (Å²) >= 11 is 0. The lowest BCUT2D eigenvalue weighted by atomic mass is 10.0. The second-order valence-corrected chi connectivity index (χ2v) is 5.25. The van der Waals surface area contributed by atoms with Gasteiger partial charge in [-0.3, -0.25) is 4.79 Å². The Morgan fingerprint density at radius 1 is 1.42 bits per heavy atom. The van der Waals surface area contributed by atoms with Crippen molar-refractivity contribution in [2.45, 2.75) is 19.3 Å². The van der Waals surface area contributed by atoms with Crippen LogP contribution >= 0.6 is 0 Å². The molecule has 1 saturated heterocycles. The van der Waals surface area contributed by atoms with Crippen LogP contribution in [0, 0.1) is 11.7 Å². The van der Waals surface area contributed by atoms with Gasteiger partial charge in [0.1, 0.15) is 5.82 Å². The van der Waals surface area contributed by atoms with Crippen molar-refractivity contribution >= 4 is 5.91 Å². The fraction of sp³-hybridized carbons (Fsp3) is 0.533. The lowest BCUT2D eigenvalue weighted by Gasteiger charge is -2.19. The van der Waals surface area contributed by atoms with Gasteiger partial charge in [0.15, 0.2) is 0 Å². The summed E-state index contributed by atoms with van der Waals surface area (Å²) in [6.07, 6.45) is 2.50. The van der Waals surface area contributed by atoms with Gasteiger partial charge >= 0.3 is 0 Å². The van der Waals surface area contributed by atoms with E-state index in [-0.39, 0.29) is 11.7 Å². The second kappa shape index (κ2) is 6.66. The molecule has 3 nitrogen and oxygen atoms in total. The lowest BCUT2D eigenvalue weighted by Crippen LogP contribution is -2.30. The molecule has 1 unspecified atom stereocenters. The quantitative estimate of drug-likeness (QED) is 0.880. The summed E-state index contributed by atoms with van der Waals surface area (Å²) in [7, 11) is 1.84. The number of nitrogens with zero attached hydrogens (tertiary/aromatic N) is 1. The van der Waals surface area contributed by atoms with Crippen LogP contribution in [0.15, 0.2) is 24.3 Å². The van der Waals surface area contributed by atoms with Crippen LogP contribution in [0.2, 0.25) is 0 Å². The van der Waals surface area contributed by atoms with E-state index >= 15 is 0 Å². The Balaban J connectivity index is 1.75. The summed E-state index contributed by atoms with van der Waals surface area (Å²) in [5.74, 6) is 0.471. The highest BCUT2D eigenvalue weighted by Gasteiger charge is 2.19. The summed E-state index contributed by atoms with van der Waals surface area (Å²) in [5, 5.41) is 3.27. The number of nitrogens with one attached hydrogen (secondary N) is 1. The van der Waals surface area contributed by atoms with Crippen molar-refractivity contribution in [2.75, 3.05) is 26.7 Å². The lowest BCUT2D eigenvalue weighted by molar-refractivity contribution is -0.130. The van der Waals surface area contributed by atoms with Gasteiger partial charge in [-0.15, -0.1) is 0 Å².